The summed E-state index contributed by atoms with van der Waals surface area (Å²) in [5, 5.41) is 22.8. The van der Waals surface area contributed by atoms with Crippen LogP contribution in [0.15, 0.2) is 18.2 Å². The van der Waals surface area contributed by atoms with Crippen molar-refractivity contribution in [3.05, 3.63) is 33.9 Å². The van der Waals surface area contributed by atoms with Gasteiger partial charge in [-0.15, -0.1) is 0 Å². The lowest BCUT2D eigenvalue weighted by Crippen LogP contribution is -2.25. The smallest absolute Gasteiger partial charge is 0.311 e. The number of nitro groups is 1. The molecule has 0 aromatic heterocycles. The molecule has 1 aromatic carbocycles. The number of rotatable bonds is 8. The summed E-state index contributed by atoms with van der Waals surface area (Å²) in [6.07, 6.45) is 0.786. The van der Waals surface area contributed by atoms with E-state index in [0.29, 0.717) is 19.4 Å². The Labute approximate surface area is 123 Å². The van der Waals surface area contributed by atoms with Gasteiger partial charge in [0.2, 0.25) is 5.75 Å². The molecule has 0 heterocycles. The average Bonchev–Trinajstić information content (AvgIpc) is 2.43. The number of aliphatic hydroxyl groups is 1. The predicted molar refractivity (Wildman–Crippen MR) is 77.5 cm³/mol. The molecule has 0 fully saturated rings. The highest BCUT2D eigenvalue weighted by molar-refractivity contribution is 5.98. The number of nitrogens with zero attached hydrogens (tertiary/aromatic N) is 1. The lowest BCUT2D eigenvalue weighted by atomic mass is 10.1. The first-order valence-corrected chi connectivity index (χ1v) is 6.83. The van der Waals surface area contributed by atoms with Crippen LogP contribution in [0.3, 0.4) is 0 Å². The van der Waals surface area contributed by atoms with Gasteiger partial charge >= 0.3 is 5.69 Å². The van der Waals surface area contributed by atoms with Crippen molar-refractivity contribution >= 4 is 11.6 Å². The maximum atomic E-state index is 12.1. The Morgan fingerprint density at radius 1 is 1.52 bits per heavy atom. The summed E-state index contributed by atoms with van der Waals surface area (Å²) < 4.78 is 5.25. The second-order valence-corrected chi connectivity index (χ2v) is 4.59. The summed E-state index contributed by atoms with van der Waals surface area (Å²) in [4.78, 5) is 22.5. The molecule has 1 atom stereocenters. The van der Waals surface area contributed by atoms with Crippen LogP contribution in [0, 0.1) is 10.1 Å². The van der Waals surface area contributed by atoms with Gasteiger partial charge in [0.1, 0.15) is 0 Å². The third kappa shape index (κ3) is 5.03. The number of carbonyl (C=O) groups excluding carboxylic acids is 1. The number of amides is 1. The molecule has 1 amide bonds. The number of ether oxygens (including phenoxy) is 1. The van der Waals surface area contributed by atoms with E-state index in [4.69, 9.17) is 9.84 Å². The largest absolute Gasteiger partial charge is 0.487 e. The molecule has 1 rings (SSSR count). The normalized spacial score (nSPS) is 11.8. The van der Waals surface area contributed by atoms with Crippen molar-refractivity contribution in [1.29, 1.82) is 0 Å². The van der Waals surface area contributed by atoms with Gasteiger partial charge in [-0.1, -0.05) is 6.07 Å². The van der Waals surface area contributed by atoms with E-state index < -0.39 is 16.9 Å². The van der Waals surface area contributed by atoms with Crippen LogP contribution >= 0.6 is 0 Å². The van der Waals surface area contributed by atoms with Crippen molar-refractivity contribution < 1.29 is 19.6 Å². The Morgan fingerprint density at radius 2 is 2.24 bits per heavy atom. The third-order valence-electron chi connectivity index (χ3n) is 2.81. The molecular formula is C14H20N2O5. The molecule has 1 unspecified atom stereocenters. The second kappa shape index (κ2) is 8.21. The number of nitrogens with one attached hydrogen (secondary N) is 1. The Morgan fingerprint density at radius 3 is 2.81 bits per heavy atom. The van der Waals surface area contributed by atoms with Crippen molar-refractivity contribution in [2.24, 2.45) is 0 Å². The number of para-hydroxylation sites is 1. The van der Waals surface area contributed by atoms with Gasteiger partial charge in [0.15, 0.2) is 0 Å². The second-order valence-electron chi connectivity index (χ2n) is 4.59. The van der Waals surface area contributed by atoms with Crippen LogP contribution < -0.4 is 10.1 Å². The van der Waals surface area contributed by atoms with Crippen LogP contribution in [-0.4, -0.2) is 35.2 Å². The molecule has 0 radical (unpaired) electrons. The number of carbonyl (C=O) groups is 1. The topological polar surface area (TPSA) is 102 Å². The first-order chi connectivity index (χ1) is 9.97. The predicted octanol–water partition coefficient (Wildman–Crippen LogP) is 1.88. The molecule has 2 N–H and O–H groups in total. The van der Waals surface area contributed by atoms with E-state index in [2.05, 4.69) is 5.32 Å². The van der Waals surface area contributed by atoms with Crippen molar-refractivity contribution in [3.8, 4) is 5.75 Å². The summed E-state index contributed by atoms with van der Waals surface area (Å²) >= 11 is 0. The number of hydrogen-bond acceptors (Lipinski definition) is 5. The molecule has 0 aliphatic rings. The van der Waals surface area contributed by atoms with Gasteiger partial charge in [0.25, 0.3) is 5.91 Å². The standard InChI is InChI=1S/C14H20N2O5/c1-3-21-13-11(7-4-8-12(13)16(19)20)14(18)15-9-5-6-10(2)17/h4,7-8,10,17H,3,5-6,9H2,1-2H3,(H,15,18). The SMILES string of the molecule is CCOc1c(C(=O)NCCCC(C)O)cccc1[N+](=O)[O-]. The van der Waals surface area contributed by atoms with Gasteiger partial charge in [0.05, 0.1) is 23.2 Å². The lowest BCUT2D eigenvalue weighted by Gasteiger charge is -2.11. The van der Waals surface area contributed by atoms with E-state index in [1.165, 1.54) is 18.2 Å². The van der Waals surface area contributed by atoms with Crippen LogP contribution in [0.1, 0.15) is 37.0 Å². The maximum Gasteiger partial charge on any atom is 0.311 e. The van der Waals surface area contributed by atoms with E-state index in [1.54, 1.807) is 13.8 Å². The average molecular weight is 296 g/mol. The van der Waals surface area contributed by atoms with Gasteiger partial charge in [-0.3, -0.25) is 14.9 Å². The maximum absolute atomic E-state index is 12.1. The first kappa shape index (κ1) is 16.9. The Hall–Kier alpha value is -2.15. The van der Waals surface area contributed by atoms with Crippen molar-refractivity contribution in [3.63, 3.8) is 0 Å². The van der Waals surface area contributed by atoms with E-state index in [-0.39, 0.29) is 23.6 Å². The zero-order valence-corrected chi connectivity index (χ0v) is 12.2. The molecular weight excluding hydrogens is 276 g/mol. The lowest BCUT2D eigenvalue weighted by molar-refractivity contribution is -0.385. The summed E-state index contributed by atoms with van der Waals surface area (Å²) in [6, 6.07) is 4.24. The van der Waals surface area contributed by atoms with Crippen LogP contribution in [0.2, 0.25) is 0 Å². The van der Waals surface area contributed by atoms with Gasteiger partial charge in [0, 0.05) is 12.6 Å². The number of aliphatic hydroxyl groups excluding tert-OH is 1. The highest BCUT2D eigenvalue weighted by Crippen LogP contribution is 2.30. The molecule has 116 valence electrons. The Bertz CT molecular complexity index is 502. The molecule has 0 aliphatic carbocycles. The third-order valence-corrected chi connectivity index (χ3v) is 2.81. The summed E-state index contributed by atoms with van der Waals surface area (Å²) in [5.41, 5.74) is -0.0865. The van der Waals surface area contributed by atoms with Gasteiger partial charge < -0.3 is 15.2 Å². The van der Waals surface area contributed by atoms with Gasteiger partial charge in [-0.05, 0) is 32.8 Å². The molecule has 0 spiro atoms. The Kier molecular flexibility index (Phi) is 6.61. The quantitative estimate of drug-likeness (QED) is 0.433. The molecule has 0 aliphatic heterocycles. The minimum Gasteiger partial charge on any atom is -0.487 e. The molecule has 1 aromatic rings. The molecule has 7 heteroatoms. The van der Waals surface area contributed by atoms with E-state index in [9.17, 15) is 14.9 Å². The minimum atomic E-state index is -0.574. The van der Waals surface area contributed by atoms with E-state index in [0.717, 1.165) is 0 Å². The van der Waals surface area contributed by atoms with Crippen LogP contribution in [0.5, 0.6) is 5.75 Å². The monoisotopic (exact) mass is 296 g/mol. The number of nitro benzene ring substituents is 1. The fourth-order valence-electron chi connectivity index (χ4n) is 1.84. The van der Waals surface area contributed by atoms with E-state index >= 15 is 0 Å². The van der Waals surface area contributed by atoms with Crippen LogP contribution in [0.25, 0.3) is 0 Å². The zero-order valence-electron chi connectivity index (χ0n) is 12.2. The summed E-state index contributed by atoms with van der Waals surface area (Å²) in [7, 11) is 0. The molecule has 0 saturated heterocycles. The zero-order chi connectivity index (χ0) is 15.8. The van der Waals surface area contributed by atoms with Crippen LogP contribution in [-0.2, 0) is 0 Å². The molecule has 0 bridgehead atoms. The minimum absolute atomic E-state index is 0.0157. The number of hydrogen-bond donors (Lipinski definition) is 2. The molecule has 21 heavy (non-hydrogen) atoms. The van der Waals surface area contributed by atoms with Gasteiger partial charge in [-0.2, -0.15) is 0 Å². The first-order valence-electron chi connectivity index (χ1n) is 6.83. The van der Waals surface area contributed by atoms with Crippen molar-refractivity contribution in [1.82, 2.24) is 5.32 Å². The summed E-state index contributed by atoms with van der Waals surface area (Å²) in [5.74, 6) is -0.439. The fourth-order valence-corrected chi connectivity index (χ4v) is 1.84. The van der Waals surface area contributed by atoms with E-state index in [1.807, 2.05) is 0 Å². The highest BCUT2D eigenvalue weighted by Gasteiger charge is 2.22. The Balaban J connectivity index is 2.83. The fraction of sp³-hybridized carbons (Fsp3) is 0.500. The summed E-state index contributed by atoms with van der Waals surface area (Å²) in [6.45, 7) is 3.99. The molecule has 0 saturated carbocycles. The van der Waals surface area contributed by atoms with Crippen molar-refractivity contribution in [2.75, 3.05) is 13.2 Å². The van der Waals surface area contributed by atoms with Gasteiger partial charge in [-0.25, -0.2) is 0 Å². The number of benzene rings is 1. The highest BCUT2D eigenvalue weighted by atomic mass is 16.6. The van der Waals surface area contributed by atoms with Crippen LogP contribution in [0.4, 0.5) is 5.69 Å². The van der Waals surface area contributed by atoms with Crippen molar-refractivity contribution in [2.45, 2.75) is 32.8 Å². The molecule has 7 nitrogen and oxygen atoms in total.